The monoisotopic (exact) mass is 370 g/mol. The minimum absolute atomic E-state index is 0.0489. The highest BCUT2D eigenvalue weighted by atomic mass is 31.2. The van der Waals surface area contributed by atoms with Crippen molar-refractivity contribution < 1.29 is 38.1 Å². The molecule has 0 aliphatic heterocycles. The Morgan fingerprint density at radius 1 is 0.833 bits per heavy atom. The fourth-order valence-electron chi connectivity index (χ4n) is 1.08. The summed E-state index contributed by atoms with van der Waals surface area (Å²) >= 11 is 0. The quantitative estimate of drug-likeness (QED) is 0.271. The first-order chi connectivity index (χ1) is 11.3. The van der Waals surface area contributed by atoms with Crippen LogP contribution < -0.4 is 31.6 Å². The van der Waals surface area contributed by atoms with E-state index in [0.717, 1.165) is 7.11 Å². The third kappa shape index (κ3) is 9.32. The number of amides is 6. The summed E-state index contributed by atoms with van der Waals surface area (Å²) < 4.78 is 21.4. The number of carbonyl (C=O) groups excluding carboxylic acids is 4. The van der Waals surface area contributed by atoms with Crippen molar-refractivity contribution in [1.82, 2.24) is 31.6 Å². The Kier molecular flexibility index (Phi) is 9.67. The highest BCUT2D eigenvalue weighted by Crippen LogP contribution is 2.30. The summed E-state index contributed by atoms with van der Waals surface area (Å²) in [5.74, 6) is 0. The summed E-state index contributed by atoms with van der Waals surface area (Å²) in [6.07, 6.45) is -2.15. The number of nitrogens with one attached hydrogen (secondary N) is 6. The van der Waals surface area contributed by atoms with E-state index in [1.54, 1.807) is 26.2 Å². The molecule has 0 aliphatic rings. The number of rotatable bonds is 6. The lowest BCUT2D eigenvalue weighted by Gasteiger charge is -2.20. The first-order valence-corrected chi connectivity index (χ1v) is 8.14. The number of hydroxylamine groups is 1. The van der Waals surface area contributed by atoms with E-state index >= 15 is 0 Å². The van der Waals surface area contributed by atoms with Gasteiger partial charge in [-0.05, 0) is 13.8 Å². The summed E-state index contributed by atoms with van der Waals surface area (Å²) in [5, 5.41) is 5.32. The van der Waals surface area contributed by atoms with Crippen molar-refractivity contribution >= 4 is 31.8 Å². The van der Waals surface area contributed by atoms with Crippen LogP contribution in [0.25, 0.3) is 0 Å². The first-order valence-electron chi connectivity index (χ1n) is 6.43. The maximum Gasteiger partial charge on any atom is 0.426 e. The molecule has 138 valence electrons. The molecule has 14 nitrogen and oxygen atoms in total. The van der Waals surface area contributed by atoms with E-state index in [2.05, 4.69) is 14.3 Å². The number of ether oxygens (including phenoxy) is 2. The SMILES string of the molecule is CCOC(=O)NNC(=O)NP(=O)(NC(=O)NOC)NC(=O)OCC. The lowest BCUT2D eigenvalue weighted by atomic mass is 10.9. The van der Waals surface area contributed by atoms with Gasteiger partial charge in [0, 0.05) is 0 Å². The zero-order valence-electron chi connectivity index (χ0n) is 13.1. The molecule has 0 radical (unpaired) electrons. The van der Waals surface area contributed by atoms with Crippen LogP contribution in [0.1, 0.15) is 13.8 Å². The number of hydrogen-bond donors (Lipinski definition) is 6. The Labute approximate surface area is 136 Å². The molecule has 0 saturated heterocycles. The topological polar surface area (TPSA) is 185 Å². The lowest BCUT2D eigenvalue weighted by Crippen LogP contribution is -2.50. The smallest absolute Gasteiger partial charge is 0.426 e. The molecule has 0 rings (SSSR count). The van der Waals surface area contributed by atoms with Crippen LogP contribution in [0.5, 0.6) is 0 Å². The minimum Gasteiger partial charge on any atom is -0.450 e. The lowest BCUT2D eigenvalue weighted by molar-refractivity contribution is 0.110. The molecule has 6 N–H and O–H groups in total. The average Bonchev–Trinajstić information content (AvgIpc) is 2.45. The molecule has 0 fully saturated rings. The van der Waals surface area contributed by atoms with Gasteiger partial charge in [0.15, 0.2) is 0 Å². The third-order valence-corrected chi connectivity index (χ3v) is 3.32. The zero-order chi connectivity index (χ0) is 18.6. The number of urea groups is 2. The normalized spacial score (nSPS) is 12.0. The van der Waals surface area contributed by atoms with Crippen molar-refractivity contribution in [3.63, 3.8) is 0 Å². The van der Waals surface area contributed by atoms with Gasteiger partial charge in [0.05, 0.1) is 20.3 Å². The van der Waals surface area contributed by atoms with Crippen LogP contribution in [-0.2, 0) is 18.9 Å². The van der Waals surface area contributed by atoms with Gasteiger partial charge in [-0.25, -0.2) is 45.2 Å². The molecule has 24 heavy (non-hydrogen) atoms. The molecule has 0 aromatic heterocycles. The Balaban J connectivity index is 4.82. The molecule has 0 bridgehead atoms. The van der Waals surface area contributed by atoms with Crippen molar-refractivity contribution in [3.05, 3.63) is 0 Å². The van der Waals surface area contributed by atoms with Crippen molar-refractivity contribution in [2.75, 3.05) is 20.3 Å². The summed E-state index contributed by atoms with van der Waals surface area (Å²) in [5.41, 5.74) is 5.38. The number of hydrogen-bond acceptors (Lipinski definition) is 8. The molecule has 1 unspecified atom stereocenters. The van der Waals surface area contributed by atoms with Gasteiger partial charge in [0.25, 0.3) is 0 Å². The Bertz CT molecular complexity index is 490. The van der Waals surface area contributed by atoms with Gasteiger partial charge < -0.3 is 9.47 Å². The van der Waals surface area contributed by atoms with Gasteiger partial charge in [-0.3, -0.25) is 15.0 Å². The summed E-state index contributed by atoms with van der Waals surface area (Å²) in [6, 6.07) is -2.35. The zero-order valence-corrected chi connectivity index (χ0v) is 14.0. The number of hydrazine groups is 1. The van der Waals surface area contributed by atoms with E-state index in [1.807, 2.05) is 5.43 Å². The second kappa shape index (κ2) is 10.9. The van der Waals surface area contributed by atoms with Crippen LogP contribution in [0.3, 0.4) is 0 Å². The van der Waals surface area contributed by atoms with Gasteiger partial charge in [0.2, 0.25) is 0 Å². The molecule has 0 aliphatic carbocycles. The average molecular weight is 370 g/mol. The summed E-state index contributed by atoms with van der Waals surface area (Å²) in [7, 11) is -3.24. The largest absolute Gasteiger partial charge is 0.450 e. The Morgan fingerprint density at radius 3 is 1.92 bits per heavy atom. The second-order valence-corrected chi connectivity index (χ2v) is 5.49. The van der Waals surface area contributed by atoms with E-state index in [0.29, 0.717) is 0 Å². The standard InChI is InChI=1S/C9H19N6O8P/c1-4-22-8(18)11-10-6(16)13-24(20,14-7(17)12-21-3)15-9(19)23-5-2/h4-5H2,1-3H3,(H,11,18)(H5,10,12,13,14,15,16,17,19,20). The van der Waals surface area contributed by atoms with E-state index in [1.165, 1.54) is 13.8 Å². The Morgan fingerprint density at radius 2 is 1.38 bits per heavy atom. The predicted molar refractivity (Wildman–Crippen MR) is 78.3 cm³/mol. The summed E-state index contributed by atoms with van der Waals surface area (Å²) in [6.45, 7) is 3.03. The fourth-order valence-corrected chi connectivity index (χ4v) is 2.24. The van der Waals surface area contributed by atoms with Crippen LogP contribution in [-0.4, -0.2) is 44.6 Å². The minimum atomic E-state index is -4.34. The first kappa shape index (κ1) is 21.3. The van der Waals surface area contributed by atoms with Crippen LogP contribution in [0, 0.1) is 0 Å². The number of carbonyl (C=O) groups is 4. The van der Waals surface area contributed by atoms with Crippen molar-refractivity contribution in [1.29, 1.82) is 0 Å². The Hall–Kier alpha value is -2.73. The molecule has 0 spiro atoms. The molecule has 6 amide bonds. The van der Waals surface area contributed by atoms with Gasteiger partial charge in [-0.2, -0.15) is 0 Å². The van der Waals surface area contributed by atoms with Crippen LogP contribution in [0.4, 0.5) is 19.2 Å². The second-order valence-electron chi connectivity index (χ2n) is 3.60. The van der Waals surface area contributed by atoms with E-state index in [4.69, 9.17) is 0 Å². The van der Waals surface area contributed by atoms with Gasteiger partial charge in [0.1, 0.15) is 0 Å². The van der Waals surface area contributed by atoms with E-state index < -0.39 is 31.8 Å². The maximum absolute atomic E-state index is 12.4. The van der Waals surface area contributed by atoms with Crippen molar-refractivity contribution in [2.45, 2.75) is 13.8 Å². The van der Waals surface area contributed by atoms with Gasteiger partial charge >= 0.3 is 31.8 Å². The fraction of sp³-hybridized carbons (Fsp3) is 0.556. The van der Waals surface area contributed by atoms with E-state index in [9.17, 15) is 23.7 Å². The molecule has 0 aromatic rings. The molecule has 1 atom stereocenters. The molecular formula is C9H19N6O8P. The molecule has 0 aromatic carbocycles. The van der Waals surface area contributed by atoms with Gasteiger partial charge in [-0.1, -0.05) is 0 Å². The molecule has 0 saturated carbocycles. The van der Waals surface area contributed by atoms with E-state index in [-0.39, 0.29) is 13.2 Å². The molecule has 0 heterocycles. The van der Waals surface area contributed by atoms with Crippen LogP contribution >= 0.6 is 7.59 Å². The maximum atomic E-state index is 12.4. The predicted octanol–water partition coefficient (Wildman–Crippen LogP) is -0.339. The third-order valence-electron chi connectivity index (χ3n) is 1.79. The van der Waals surface area contributed by atoms with Crippen molar-refractivity contribution in [2.24, 2.45) is 0 Å². The highest BCUT2D eigenvalue weighted by Gasteiger charge is 2.30. The highest BCUT2D eigenvalue weighted by molar-refractivity contribution is 7.59. The van der Waals surface area contributed by atoms with Crippen molar-refractivity contribution in [3.8, 4) is 0 Å². The molecular weight excluding hydrogens is 351 g/mol. The summed E-state index contributed by atoms with van der Waals surface area (Å²) in [4.78, 5) is 49.6. The molecule has 15 heteroatoms. The van der Waals surface area contributed by atoms with Gasteiger partial charge in [-0.15, -0.1) is 0 Å². The van der Waals surface area contributed by atoms with Crippen LogP contribution in [0.15, 0.2) is 0 Å². The van der Waals surface area contributed by atoms with Crippen LogP contribution in [0.2, 0.25) is 0 Å².